The van der Waals surface area contributed by atoms with Crippen molar-refractivity contribution in [2.45, 2.75) is 153 Å². The minimum absolute atomic E-state index is 0.198. The molecule has 1 rings (SSSR count). The van der Waals surface area contributed by atoms with E-state index in [1.807, 2.05) is 36.5 Å². The monoisotopic (exact) mass is 718 g/mol. The first-order chi connectivity index (χ1) is 24.8. The van der Waals surface area contributed by atoms with Crippen LogP contribution in [0, 0.1) is 0 Å². The van der Waals surface area contributed by atoms with E-state index < -0.39 is 55.4 Å². The average Bonchev–Trinajstić information content (AvgIpc) is 3.13. The third-order valence-electron chi connectivity index (χ3n) is 8.21. The number of ether oxygens (including phenoxy) is 4. The molecule has 1 heterocycles. The molecular weight excluding hydrogens is 652 g/mol. The van der Waals surface area contributed by atoms with Crippen molar-refractivity contribution in [3.05, 3.63) is 72.9 Å². The standard InChI is InChI=1S/C41H66O10/c1-3-5-7-9-11-13-15-17-19-21-23-25-27-29-36(43)48-32-34(33-49-41-40(47)39(46)38(45)35(31-42)51-41)50-37(44)30-28-26-24-22-20-18-16-14-12-10-8-6-4-2/h5-16,34-35,38-42,45-47H,3-4,17-33H2,1-2H3/b7-5+,8-6+,11-9+,12-10+,15-13+,16-14+/t34?,35-,38+,39?,40?,41-/m0/s1. The molecule has 10 heteroatoms. The van der Waals surface area contributed by atoms with E-state index in [0.717, 1.165) is 77.0 Å². The lowest BCUT2D eigenvalue weighted by molar-refractivity contribution is -0.305. The molecule has 0 saturated carbocycles. The highest BCUT2D eigenvalue weighted by molar-refractivity contribution is 5.70. The number of rotatable bonds is 29. The Bertz CT molecular complexity index is 1060. The SMILES string of the molecule is CC/C=C/C=C/C=C/CCCCCCCC(=O)OCC(CO[C@H]1O[C@@H](CO)[C@@H](O)C(O)C1O)OC(=O)CCCCCCC/C=C/C=C/C=C/CC. The van der Waals surface area contributed by atoms with Crippen LogP contribution in [0.4, 0.5) is 0 Å². The van der Waals surface area contributed by atoms with Crippen molar-refractivity contribution < 1.29 is 49.0 Å². The first-order valence-corrected chi connectivity index (χ1v) is 19.1. The molecule has 6 atom stereocenters. The summed E-state index contributed by atoms with van der Waals surface area (Å²) in [5.41, 5.74) is 0. The Morgan fingerprint density at radius 3 is 1.63 bits per heavy atom. The second-order valence-electron chi connectivity index (χ2n) is 12.7. The van der Waals surface area contributed by atoms with Crippen LogP contribution in [0.5, 0.6) is 0 Å². The van der Waals surface area contributed by atoms with E-state index in [9.17, 15) is 30.0 Å². The van der Waals surface area contributed by atoms with Crippen LogP contribution in [-0.4, -0.2) is 89.0 Å². The van der Waals surface area contributed by atoms with Gasteiger partial charge < -0.3 is 39.4 Å². The Hall–Kier alpha value is -2.86. The van der Waals surface area contributed by atoms with Crippen LogP contribution >= 0.6 is 0 Å². The van der Waals surface area contributed by atoms with Gasteiger partial charge in [-0.05, 0) is 51.4 Å². The van der Waals surface area contributed by atoms with Gasteiger partial charge in [-0.15, -0.1) is 0 Å². The summed E-state index contributed by atoms with van der Waals surface area (Å²) in [6.45, 7) is 3.07. The molecule has 0 spiro atoms. The van der Waals surface area contributed by atoms with Gasteiger partial charge in [0.1, 0.15) is 31.0 Å². The summed E-state index contributed by atoms with van der Waals surface area (Å²) in [6.07, 6.45) is 30.6. The van der Waals surface area contributed by atoms with Gasteiger partial charge in [-0.25, -0.2) is 0 Å². The molecule has 0 amide bonds. The fourth-order valence-corrected chi connectivity index (χ4v) is 5.19. The highest BCUT2D eigenvalue weighted by Gasteiger charge is 2.44. The predicted octanol–water partition coefficient (Wildman–Crippen LogP) is 6.88. The molecule has 290 valence electrons. The fraction of sp³-hybridized carbons (Fsp3) is 0.659. The topological polar surface area (TPSA) is 152 Å². The van der Waals surface area contributed by atoms with E-state index >= 15 is 0 Å². The van der Waals surface area contributed by atoms with Crippen LogP contribution in [0.2, 0.25) is 0 Å². The number of allylic oxidation sites excluding steroid dienone is 12. The Kier molecular flexibility index (Phi) is 28.8. The Balaban J connectivity index is 2.44. The molecular formula is C41H66O10. The predicted molar refractivity (Wildman–Crippen MR) is 201 cm³/mol. The summed E-state index contributed by atoms with van der Waals surface area (Å²) >= 11 is 0. The second kappa shape index (κ2) is 31.8. The molecule has 51 heavy (non-hydrogen) atoms. The largest absolute Gasteiger partial charge is 0.462 e. The normalized spacial score (nSPS) is 22.0. The number of esters is 2. The number of hydrogen-bond donors (Lipinski definition) is 4. The lowest BCUT2D eigenvalue weighted by Gasteiger charge is -2.39. The van der Waals surface area contributed by atoms with Crippen molar-refractivity contribution in [1.29, 1.82) is 0 Å². The van der Waals surface area contributed by atoms with Gasteiger partial charge in [0.15, 0.2) is 12.4 Å². The first kappa shape index (κ1) is 46.2. The van der Waals surface area contributed by atoms with Gasteiger partial charge in [-0.1, -0.05) is 125 Å². The van der Waals surface area contributed by atoms with Crippen LogP contribution in [0.3, 0.4) is 0 Å². The lowest BCUT2D eigenvalue weighted by atomic mass is 9.99. The van der Waals surface area contributed by atoms with E-state index in [1.165, 1.54) is 0 Å². The van der Waals surface area contributed by atoms with Gasteiger partial charge in [0, 0.05) is 12.8 Å². The van der Waals surface area contributed by atoms with Crippen LogP contribution < -0.4 is 0 Å². The molecule has 0 aromatic rings. The quantitative estimate of drug-likeness (QED) is 0.0366. The maximum atomic E-state index is 12.7. The van der Waals surface area contributed by atoms with E-state index in [4.69, 9.17) is 18.9 Å². The molecule has 1 aliphatic rings. The van der Waals surface area contributed by atoms with Crippen molar-refractivity contribution in [2.75, 3.05) is 19.8 Å². The van der Waals surface area contributed by atoms with Crippen LogP contribution in [0.15, 0.2) is 72.9 Å². The molecule has 0 aliphatic carbocycles. The molecule has 4 N–H and O–H groups in total. The van der Waals surface area contributed by atoms with Gasteiger partial charge in [0.25, 0.3) is 0 Å². The van der Waals surface area contributed by atoms with Gasteiger partial charge in [0.2, 0.25) is 0 Å². The molecule has 0 aromatic heterocycles. The van der Waals surface area contributed by atoms with Crippen LogP contribution in [0.1, 0.15) is 117 Å². The van der Waals surface area contributed by atoms with Crippen molar-refractivity contribution in [1.82, 2.24) is 0 Å². The Labute approximate surface area is 306 Å². The average molecular weight is 719 g/mol. The van der Waals surface area contributed by atoms with Crippen LogP contribution in [0.25, 0.3) is 0 Å². The molecule has 1 saturated heterocycles. The number of aliphatic hydroxyl groups excluding tert-OH is 4. The summed E-state index contributed by atoms with van der Waals surface area (Å²) in [7, 11) is 0. The highest BCUT2D eigenvalue weighted by atomic mass is 16.7. The maximum absolute atomic E-state index is 12.7. The highest BCUT2D eigenvalue weighted by Crippen LogP contribution is 2.22. The van der Waals surface area contributed by atoms with Gasteiger partial charge >= 0.3 is 11.9 Å². The zero-order valence-electron chi connectivity index (χ0n) is 31.1. The van der Waals surface area contributed by atoms with E-state index in [1.54, 1.807) is 0 Å². The van der Waals surface area contributed by atoms with Gasteiger partial charge in [0.05, 0.1) is 13.2 Å². The van der Waals surface area contributed by atoms with E-state index in [-0.39, 0.29) is 26.1 Å². The number of hydrogen-bond acceptors (Lipinski definition) is 10. The zero-order valence-corrected chi connectivity index (χ0v) is 31.1. The minimum Gasteiger partial charge on any atom is -0.462 e. The fourth-order valence-electron chi connectivity index (χ4n) is 5.19. The molecule has 3 unspecified atom stereocenters. The number of unbranched alkanes of at least 4 members (excludes halogenated alkanes) is 10. The number of aliphatic hydroxyl groups is 4. The Morgan fingerprint density at radius 1 is 0.608 bits per heavy atom. The van der Waals surface area contributed by atoms with Gasteiger partial charge in [-0.3, -0.25) is 9.59 Å². The maximum Gasteiger partial charge on any atom is 0.306 e. The summed E-state index contributed by atoms with van der Waals surface area (Å²) in [5.74, 6) is -0.866. The number of carbonyl (C=O) groups excluding carboxylic acids is 2. The summed E-state index contributed by atoms with van der Waals surface area (Å²) in [5, 5.41) is 39.9. The summed E-state index contributed by atoms with van der Waals surface area (Å²) in [4.78, 5) is 25.2. The van der Waals surface area contributed by atoms with Crippen molar-refractivity contribution in [3.8, 4) is 0 Å². The lowest BCUT2D eigenvalue weighted by Crippen LogP contribution is -2.59. The third kappa shape index (κ3) is 24.1. The third-order valence-corrected chi connectivity index (χ3v) is 8.21. The second-order valence-corrected chi connectivity index (χ2v) is 12.7. The van der Waals surface area contributed by atoms with E-state index in [2.05, 4.69) is 50.3 Å². The summed E-state index contributed by atoms with van der Waals surface area (Å²) < 4.78 is 22.0. The molecule has 0 radical (unpaired) electrons. The Morgan fingerprint density at radius 2 is 1.10 bits per heavy atom. The molecule has 10 nitrogen and oxygen atoms in total. The molecule has 1 fully saturated rings. The summed E-state index contributed by atoms with van der Waals surface area (Å²) in [6, 6.07) is 0. The van der Waals surface area contributed by atoms with E-state index in [0.29, 0.717) is 12.8 Å². The van der Waals surface area contributed by atoms with Crippen LogP contribution in [-0.2, 0) is 28.5 Å². The smallest absolute Gasteiger partial charge is 0.306 e. The molecule has 1 aliphatic heterocycles. The van der Waals surface area contributed by atoms with Crippen molar-refractivity contribution in [2.24, 2.45) is 0 Å². The van der Waals surface area contributed by atoms with Crippen molar-refractivity contribution in [3.63, 3.8) is 0 Å². The molecule has 0 aromatic carbocycles. The minimum atomic E-state index is -1.60. The van der Waals surface area contributed by atoms with Gasteiger partial charge in [-0.2, -0.15) is 0 Å². The zero-order chi connectivity index (χ0) is 37.4. The number of carbonyl (C=O) groups is 2. The molecule has 0 bridgehead atoms. The van der Waals surface area contributed by atoms with Crippen molar-refractivity contribution >= 4 is 11.9 Å². The first-order valence-electron chi connectivity index (χ1n) is 19.1.